The molecule has 1 aromatic carbocycles. The minimum absolute atomic E-state index is 0.0780. The summed E-state index contributed by atoms with van der Waals surface area (Å²) in [6, 6.07) is 6.04. The smallest absolute Gasteiger partial charge is 0.122 e. The number of hydrogen-bond donors (Lipinski definition) is 0. The molecule has 0 spiro atoms. The molecule has 108 valence electrons. The Kier molecular flexibility index (Phi) is 6.99. The number of methoxy groups -OCH3 is 1. The van der Waals surface area contributed by atoms with Crippen molar-refractivity contribution in [3.8, 4) is 5.75 Å². The lowest BCUT2D eigenvalue weighted by Gasteiger charge is -2.32. The lowest BCUT2D eigenvalue weighted by molar-refractivity contribution is 0.290. The van der Waals surface area contributed by atoms with Crippen LogP contribution >= 0.6 is 39.1 Å². The molecule has 19 heavy (non-hydrogen) atoms. The molecular formula is C15H21BrCl2O. The van der Waals surface area contributed by atoms with Gasteiger partial charge in [-0.1, -0.05) is 29.8 Å². The van der Waals surface area contributed by atoms with E-state index in [1.165, 1.54) is 0 Å². The van der Waals surface area contributed by atoms with Gasteiger partial charge >= 0.3 is 0 Å². The zero-order valence-corrected chi connectivity index (χ0v) is 14.8. The highest BCUT2D eigenvalue weighted by Gasteiger charge is 2.30. The lowest BCUT2D eigenvalue weighted by atomic mass is 9.78. The van der Waals surface area contributed by atoms with Crippen LogP contribution < -0.4 is 4.74 Å². The molecule has 0 unspecified atom stereocenters. The second kappa shape index (κ2) is 7.75. The summed E-state index contributed by atoms with van der Waals surface area (Å²) >= 11 is 15.9. The van der Waals surface area contributed by atoms with Crippen molar-refractivity contribution in [3.63, 3.8) is 0 Å². The van der Waals surface area contributed by atoms with Crippen LogP contribution in [-0.2, 0) is 6.42 Å². The SMILES string of the molecule is COc1ccc(Br)cc1CC(CCl)(CCl)CC(C)C. The minimum Gasteiger partial charge on any atom is -0.496 e. The summed E-state index contributed by atoms with van der Waals surface area (Å²) in [7, 11) is 1.69. The van der Waals surface area contributed by atoms with E-state index in [-0.39, 0.29) is 5.41 Å². The second-order valence-electron chi connectivity index (χ2n) is 5.50. The van der Waals surface area contributed by atoms with Gasteiger partial charge in [0.15, 0.2) is 0 Å². The molecule has 0 saturated carbocycles. The van der Waals surface area contributed by atoms with Crippen LogP contribution in [0.3, 0.4) is 0 Å². The first-order valence-corrected chi connectivity index (χ1v) is 8.27. The van der Waals surface area contributed by atoms with Gasteiger partial charge in [0.2, 0.25) is 0 Å². The van der Waals surface area contributed by atoms with Crippen molar-refractivity contribution in [2.45, 2.75) is 26.7 Å². The van der Waals surface area contributed by atoms with E-state index in [1.807, 2.05) is 12.1 Å². The van der Waals surface area contributed by atoms with E-state index < -0.39 is 0 Å². The molecule has 0 N–H and O–H groups in total. The third kappa shape index (κ3) is 4.84. The molecule has 0 aliphatic rings. The van der Waals surface area contributed by atoms with E-state index in [4.69, 9.17) is 27.9 Å². The van der Waals surface area contributed by atoms with Gasteiger partial charge in [-0.05, 0) is 42.5 Å². The molecule has 0 saturated heterocycles. The molecule has 0 amide bonds. The van der Waals surface area contributed by atoms with Crippen LogP contribution in [0.5, 0.6) is 5.75 Å². The molecule has 0 aliphatic heterocycles. The highest BCUT2D eigenvalue weighted by atomic mass is 79.9. The average molecular weight is 368 g/mol. The van der Waals surface area contributed by atoms with Crippen molar-refractivity contribution in [2.24, 2.45) is 11.3 Å². The second-order valence-corrected chi connectivity index (χ2v) is 6.95. The van der Waals surface area contributed by atoms with Crippen molar-refractivity contribution in [1.82, 2.24) is 0 Å². The Morgan fingerprint density at radius 1 is 1.26 bits per heavy atom. The van der Waals surface area contributed by atoms with Crippen molar-refractivity contribution in [2.75, 3.05) is 18.9 Å². The highest BCUT2D eigenvalue weighted by Crippen LogP contribution is 2.37. The summed E-state index contributed by atoms with van der Waals surface area (Å²) in [5.74, 6) is 2.58. The standard InChI is InChI=1S/C15H21BrCl2O/c1-11(2)7-15(9-17,10-18)8-12-6-13(16)4-5-14(12)19-3/h4-6,11H,7-10H2,1-3H3. The van der Waals surface area contributed by atoms with Crippen LogP contribution in [0.1, 0.15) is 25.8 Å². The summed E-state index contributed by atoms with van der Waals surface area (Å²) in [4.78, 5) is 0. The summed E-state index contributed by atoms with van der Waals surface area (Å²) in [6.07, 6.45) is 1.84. The molecule has 1 rings (SSSR count). The number of halogens is 3. The van der Waals surface area contributed by atoms with Gasteiger partial charge in [-0.15, -0.1) is 23.2 Å². The van der Waals surface area contributed by atoms with E-state index in [2.05, 4.69) is 35.8 Å². The third-order valence-electron chi connectivity index (χ3n) is 3.22. The Morgan fingerprint density at radius 2 is 1.89 bits per heavy atom. The first-order valence-electron chi connectivity index (χ1n) is 6.40. The summed E-state index contributed by atoms with van der Waals surface area (Å²) in [6.45, 7) is 4.40. The molecular weight excluding hydrogens is 347 g/mol. The first kappa shape index (κ1) is 17.1. The molecule has 0 atom stereocenters. The van der Waals surface area contributed by atoms with Gasteiger partial charge in [0.1, 0.15) is 5.75 Å². The average Bonchev–Trinajstić information content (AvgIpc) is 2.37. The van der Waals surface area contributed by atoms with E-state index >= 15 is 0 Å². The summed E-state index contributed by atoms with van der Waals surface area (Å²) in [5.41, 5.74) is 1.07. The fourth-order valence-corrected chi connectivity index (χ4v) is 3.57. The molecule has 0 bridgehead atoms. The highest BCUT2D eigenvalue weighted by molar-refractivity contribution is 9.10. The van der Waals surface area contributed by atoms with Gasteiger partial charge in [0.05, 0.1) is 7.11 Å². The summed E-state index contributed by atoms with van der Waals surface area (Å²) < 4.78 is 6.48. The van der Waals surface area contributed by atoms with Gasteiger partial charge in [-0.25, -0.2) is 0 Å². The normalized spacial score (nSPS) is 11.9. The van der Waals surface area contributed by atoms with Crippen LogP contribution in [0.15, 0.2) is 22.7 Å². The van der Waals surface area contributed by atoms with Crippen molar-refractivity contribution >= 4 is 39.1 Å². The van der Waals surface area contributed by atoms with Gasteiger partial charge in [-0.3, -0.25) is 0 Å². The number of rotatable bonds is 7. The third-order valence-corrected chi connectivity index (χ3v) is 4.84. The van der Waals surface area contributed by atoms with E-state index in [1.54, 1.807) is 7.11 Å². The first-order chi connectivity index (χ1) is 8.96. The van der Waals surface area contributed by atoms with Crippen LogP contribution in [-0.4, -0.2) is 18.9 Å². The molecule has 0 radical (unpaired) electrons. The molecule has 0 aliphatic carbocycles. The number of alkyl halides is 2. The van der Waals surface area contributed by atoms with Gasteiger partial charge in [-0.2, -0.15) is 0 Å². The molecule has 0 heterocycles. The zero-order valence-electron chi connectivity index (χ0n) is 11.7. The van der Waals surface area contributed by atoms with Crippen molar-refractivity contribution < 1.29 is 4.74 Å². The van der Waals surface area contributed by atoms with E-state index in [9.17, 15) is 0 Å². The Morgan fingerprint density at radius 3 is 2.37 bits per heavy atom. The van der Waals surface area contributed by atoms with E-state index in [0.29, 0.717) is 17.7 Å². The fraction of sp³-hybridized carbons (Fsp3) is 0.600. The molecule has 0 aromatic heterocycles. The summed E-state index contributed by atoms with van der Waals surface area (Å²) in [5, 5.41) is 0. The lowest BCUT2D eigenvalue weighted by Crippen LogP contribution is -2.30. The minimum atomic E-state index is -0.0780. The Hall–Kier alpha value is 0.0800. The van der Waals surface area contributed by atoms with Crippen molar-refractivity contribution in [3.05, 3.63) is 28.2 Å². The van der Waals surface area contributed by atoms with E-state index in [0.717, 1.165) is 28.6 Å². The van der Waals surface area contributed by atoms with Gasteiger partial charge in [0, 0.05) is 21.6 Å². The number of ether oxygens (including phenoxy) is 1. The van der Waals surface area contributed by atoms with Crippen molar-refractivity contribution in [1.29, 1.82) is 0 Å². The Bertz CT molecular complexity index is 403. The predicted octanol–water partition coefficient (Wildman–Crippen LogP) is 5.51. The zero-order chi connectivity index (χ0) is 14.5. The van der Waals surface area contributed by atoms with Crippen LogP contribution in [0.2, 0.25) is 0 Å². The Balaban J connectivity index is 3.05. The monoisotopic (exact) mass is 366 g/mol. The molecule has 0 fully saturated rings. The van der Waals surface area contributed by atoms with Crippen LogP contribution in [0.25, 0.3) is 0 Å². The van der Waals surface area contributed by atoms with Crippen LogP contribution in [0.4, 0.5) is 0 Å². The Labute approximate surface area is 134 Å². The predicted molar refractivity (Wildman–Crippen MR) is 87.7 cm³/mol. The maximum atomic E-state index is 6.22. The van der Waals surface area contributed by atoms with Gasteiger partial charge < -0.3 is 4.74 Å². The van der Waals surface area contributed by atoms with Gasteiger partial charge in [0.25, 0.3) is 0 Å². The maximum absolute atomic E-state index is 6.22. The molecule has 4 heteroatoms. The largest absolute Gasteiger partial charge is 0.496 e. The molecule has 1 aromatic rings. The quantitative estimate of drug-likeness (QED) is 0.577. The topological polar surface area (TPSA) is 9.23 Å². The van der Waals surface area contributed by atoms with Crippen LogP contribution in [0, 0.1) is 11.3 Å². The number of benzene rings is 1. The fourth-order valence-electron chi connectivity index (χ4n) is 2.47. The number of hydrogen-bond acceptors (Lipinski definition) is 1. The molecule has 1 nitrogen and oxygen atoms in total. The maximum Gasteiger partial charge on any atom is 0.122 e.